The van der Waals surface area contributed by atoms with Gasteiger partial charge in [-0.3, -0.25) is 0 Å². The zero-order valence-electron chi connectivity index (χ0n) is 18.5. The van der Waals surface area contributed by atoms with E-state index in [-0.39, 0.29) is 0 Å². The smallest absolute Gasteiger partial charge is 0.221 e. The molecule has 0 amide bonds. The number of piperazine rings is 1. The van der Waals surface area contributed by atoms with Crippen LogP contribution in [0.1, 0.15) is 34.4 Å². The molecule has 3 aromatic rings. The molecule has 1 unspecified atom stereocenters. The van der Waals surface area contributed by atoms with Crippen LogP contribution in [0.2, 0.25) is 0 Å². The predicted octanol–water partition coefficient (Wildman–Crippen LogP) is 5.26. The number of sulfonamides is 1. The Hall–Kier alpha value is -2.28. The molecule has 3 aromatic carbocycles. The number of hydrogen-bond acceptors (Lipinski definition) is 4. The molecule has 2 aliphatic heterocycles. The van der Waals surface area contributed by atoms with Gasteiger partial charge in [0.15, 0.2) is 0 Å². The largest absolute Gasteiger partial charge is 0.369 e. The summed E-state index contributed by atoms with van der Waals surface area (Å²) in [6, 6.07) is 23.1. The minimum absolute atomic E-state index is 0.523. The Morgan fingerprint density at radius 3 is 2.28 bits per heavy atom. The van der Waals surface area contributed by atoms with E-state index in [1.54, 1.807) is 16.1 Å². The zero-order valence-corrected chi connectivity index (χ0v) is 20.1. The van der Waals surface area contributed by atoms with Crippen LogP contribution in [0.3, 0.4) is 0 Å². The summed E-state index contributed by atoms with van der Waals surface area (Å²) in [5.41, 5.74) is 5.80. The fourth-order valence-corrected chi connectivity index (χ4v) is 7.18. The summed E-state index contributed by atoms with van der Waals surface area (Å²) < 4.78 is 28.6. The summed E-state index contributed by atoms with van der Waals surface area (Å²) in [5, 5.41) is -0.555. The topological polar surface area (TPSA) is 40.6 Å². The van der Waals surface area contributed by atoms with Crippen LogP contribution in [0, 0.1) is 6.92 Å². The molecule has 32 heavy (non-hydrogen) atoms. The van der Waals surface area contributed by atoms with Crippen LogP contribution in [-0.4, -0.2) is 38.9 Å². The summed E-state index contributed by atoms with van der Waals surface area (Å²) in [5.74, 6) is 0. The molecule has 1 saturated heterocycles. The summed E-state index contributed by atoms with van der Waals surface area (Å²) in [7, 11) is -3.41. The highest BCUT2D eigenvalue weighted by Gasteiger charge is 2.33. The van der Waals surface area contributed by atoms with Gasteiger partial charge in [0.25, 0.3) is 0 Å². The van der Waals surface area contributed by atoms with E-state index >= 15 is 0 Å². The highest BCUT2D eigenvalue weighted by Crippen LogP contribution is 2.41. The van der Waals surface area contributed by atoms with E-state index in [4.69, 9.17) is 0 Å². The molecule has 5 rings (SSSR count). The first-order valence-electron chi connectivity index (χ1n) is 11.1. The number of hydrogen-bond donors (Lipinski definition) is 0. The van der Waals surface area contributed by atoms with E-state index in [0.717, 1.165) is 17.7 Å². The molecule has 2 heterocycles. The van der Waals surface area contributed by atoms with Crippen molar-refractivity contribution in [2.75, 3.05) is 31.1 Å². The van der Waals surface area contributed by atoms with Crippen LogP contribution in [0.15, 0.2) is 76.5 Å². The van der Waals surface area contributed by atoms with Gasteiger partial charge >= 0.3 is 0 Å². The molecule has 2 aliphatic rings. The molecule has 0 aromatic heterocycles. The fourth-order valence-electron chi connectivity index (χ4n) is 4.51. The average Bonchev–Trinajstić information content (AvgIpc) is 2.82. The number of aryl methyl sites for hydroxylation is 1. The summed E-state index contributed by atoms with van der Waals surface area (Å²) in [6.45, 7) is 6.38. The van der Waals surface area contributed by atoms with Crippen LogP contribution < -0.4 is 4.90 Å². The van der Waals surface area contributed by atoms with Crippen LogP contribution >= 0.6 is 11.8 Å². The van der Waals surface area contributed by atoms with Crippen LogP contribution in [0.4, 0.5) is 5.69 Å². The van der Waals surface area contributed by atoms with Crippen LogP contribution in [0.25, 0.3) is 0 Å². The minimum atomic E-state index is -3.41. The Labute approximate surface area is 195 Å². The molecule has 0 saturated carbocycles. The molecule has 0 N–H and O–H groups in total. The van der Waals surface area contributed by atoms with Crippen molar-refractivity contribution in [2.45, 2.75) is 35.3 Å². The van der Waals surface area contributed by atoms with E-state index in [9.17, 15) is 8.42 Å². The third-order valence-electron chi connectivity index (χ3n) is 6.57. The zero-order chi connectivity index (χ0) is 22.3. The molecular weight excluding hydrogens is 436 g/mol. The van der Waals surface area contributed by atoms with Gasteiger partial charge in [0, 0.05) is 41.7 Å². The van der Waals surface area contributed by atoms with Gasteiger partial charge in [0.1, 0.15) is 0 Å². The number of nitrogens with zero attached hydrogens (tertiary/aromatic N) is 2. The lowest BCUT2D eigenvalue weighted by atomic mass is 10.0. The molecule has 6 heteroatoms. The molecule has 1 fully saturated rings. The maximum absolute atomic E-state index is 13.4. The van der Waals surface area contributed by atoms with Gasteiger partial charge < -0.3 is 4.90 Å². The second kappa shape index (κ2) is 8.58. The molecule has 166 valence electrons. The molecule has 0 aliphatic carbocycles. The van der Waals surface area contributed by atoms with Gasteiger partial charge in [-0.15, -0.1) is 0 Å². The molecule has 4 nitrogen and oxygen atoms in total. The number of rotatable bonds is 4. The van der Waals surface area contributed by atoms with Crippen molar-refractivity contribution in [1.29, 1.82) is 0 Å². The van der Waals surface area contributed by atoms with E-state index in [2.05, 4.69) is 72.5 Å². The molecule has 0 radical (unpaired) electrons. The van der Waals surface area contributed by atoms with Crippen molar-refractivity contribution in [3.8, 4) is 0 Å². The second-order valence-corrected chi connectivity index (χ2v) is 12.0. The predicted molar refractivity (Wildman–Crippen MR) is 132 cm³/mol. The monoisotopic (exact) mass is 464 g/mol. The Morgan fingerprint density at radius 2 is 1.53 bits per heavy atom. The second-order valence-electron chi connectivity index (χ2n) is 8.66. The number of fused-ring (bicyclic) bond motifs is 2. The average molecular weight is 465 g/mol. The van der Waals surface area contributed by atoms with Crippen molar-refractivity contribution in [1.82, 2.24) is 4.31 Å². The van der Waals surface area contributed by atoms with Gasteiger partial charge in [0.05, 0.1) is 5.25 Å². The van der Waals surface area contributed by atoms with E-state index < -0.39 is 15.3 Å². The van der Waals surface area contributed by atoms with Gasteiger partial charge in [0.2, 0.25) is 10.0 Å². The quantitative estimate of drug-likeness (QED) is 0.413. The van der Waals surface area contributed by atoms with Crippen LogP contribution in [-0.2, 0) is 16.4 Å². The SMILES string of the molecule is Cc1ccc(N2CCN(S(=O)(=O)C(C)c3ccc4c(c3)Cc3ccccc3S4)CC2)cc1. The van der Waals surface area contributed by atoms with E-state index in [0.29, 0.717) is 26.2 Å². The van der Waals surface area contributed by atoms with E-state index in [1.807, 2.05) is 13.0 Å². The first-order valence-corrected chi connectivity index (χ1v) is 13.4. The molecule has 0 bridgehead atoms. The molecule has 1 atom stereocenters. The van der Waals surface area contributed by atoms with E-state index in [1.165, 1.54) is 26.5 Å². The maximum Gasteiger partial charge on any atom is 0.221 e. The highest BCUT2D eigenvalue weighted by atomic mass is 32.2. The standard InChI is InChI=1S/C26H28N2O2S2/c1-19-7-10-24(11-8-19)27-13-15-28(16-14-27)32(29,30)20(2)21-9-12-26-23(17-21)18-22-5-3-4-6-25(22)31-26/h3-12,17,20H,13-16,18H2,1-2H3. The van der Waals surface area contributed by atoms with Gasteiger partial charge in [-0.1, -0.05) is 59.8 Å². The highest BCUT2D eigenvalue weighted by molar-refractivity contribution is 7.99. The Balaban J connectivity index is 1.30. The lowest BCUT2D eigenvalue weighted by Gasteiger charge is -2.36. The third kappa shape index (κ3) is 4.07. The number of anilines is 1. The van der Waals surface area contributed by atoms with Crippen molar-refractivity contribution < 1.29 is 8.42 Å². The van der Waals surface area contributed by atoms with Crippen molar-refractivity contribution >= 4 is 27.5 Å². The maximum atomic E-state index is 13.4. The van der Waals surface area contributed by atoms with Crippen molar-refractivity contribution in [2.24, 2.45) is 0 Å². The first kappa shape index (κ1) is 21.6. The van der Waals surface area contributed by atoms with Gasteiger partial charge in [-0.05, 0) is 61.2 Å². The molecular formula is C26H28N2O2S2. The van der Waals surface area contributed by atoms with Gasteiger partial charge in [-0.2, -0.15) is 4.31 Å². The lowest BCUT2D eigenvalue weighted by molar-refractivity contribution is 0.380. The number of benzene rings is 3. The van der Waals surface area contributed by atoms with Crippen LogP contribution in [0.5, 0.6) is 0 Å². The fraction of sp³-hybridized carbons (Fsp3) is 0.308. The van der Waals surface area contributed by atoms with Gasteiger partial charge in [-0.25, -0.2) is 8.42 Å². The normalized spacial score (nSPS) is 17.5. The third-order valence-corrected chi connectivity index (χ3v) is 10.1. The summed E-state index contributed by atoms with van der Waals surface area (Å²) in [4.78, 5) is 4.78. The Kier molecular flexibility index (Phi) is 5.78. The lowest BCUT2D eigenvalue weighted by Crippen LogP contribution is -2.49. The minimum Gasteiger partial charge on any atom is -0.369 e. The van der Waals surface area contributed by atoms with Crippen molar-refractivity contribution in [3.05, 3.63) is 89.0 Å². The Morgan fingerprint density at radius 1 is 0.844 bits per heavy atom. The van der Waals surface area contributed by atoms with Crippen molar-refractivity contribution in [3.63, 3.8) is 0 Å². The summed E-state index contributed by atoms with van der Waals surface area (Å²) >= 11 is 1.77. The Bertz CT molecular complexity index is 1230. The first-order chi connectivity index (χ1) is 15.4. The molecule has 0 spiro atoms. The summed E-state index contributed by atoms with van der Waals surface area (Å²) in [6.07, 6.45) is 0.855.